The summed E-state index contributed by atoms with van der Waals surface area (Å²) < 4.78 is 38.1. The van der Waals surface area contributed by atoms with E-state index >= 15 is 0 Å². The van der Waals surface area contributed by atoms with Crippen molar-refractivity contribution in [1.29, 1.82) is 0 Å². The molecule has 1 N–H and O–H groups in total. The highest BCUT2D eigenvalue weighted by Crippen LogP contribution is 2.36. The summed E-state index contributed by atoms with van der Waals surface area (Å²) in [5, 5.41) is 2.14. The first kappa shape index (κ1) is 13.0. The van der Waals surface area contributed by atoms with Crippen molar-refractivity contribution in [2.75, 3.05) is 5.32 Å². The van der Waals surface area contributed by atoms with Crippen LogP contribution in [0.3, 0.4) is 0 Å². The van der Waals surface area contributed by atoms with Gasteiger partial charge >= 0.3 is 6.18 Å². The Balaban J connectivity index is 3.35. The molecule has 2 nitrogen and oxygen atoms in total. The largest absolute Gasteiger partial charge is 0.418 e. The number of rotatable bonds is 3. The number of alkyl halides is 3. The van der Waals surface area contributed by atoms with Crippen molar-refractivity contribution in [2.45, 2.75) is 6.18 Å². The van der Waals surface area contributed by atoms with Gasteiger partial charge in [0.2, 0.25) is 5.91 Å². The van der Waals surface area contributed by atoms with Crippen LogP contribution in [0.15, 0.2) is 37.4 Å². The lowest BCUT2D eigenvalue weighted by atomic mass is 10.1. The molecular weight excluding hydrogens is 231 g/mol. The molecule has 0 radical (unpaired) electrons. The fraction of sp³-hybridized carbons (Fsp3) is 0.0833. The van der Waals surface area contributed by atoms with Gasteiger partial charge in [-0.2, -0.15) is 13.2 Å². The van der Waals surface area contributed by atoms with Crippen molar-refractivity contribution in [3.63, 3.8) is 0 Å². The van der Waals surface area contributed by atoms with E-state index in [9.17, 15) is 18.0 Å². The average Bonchev–Trinajstić information content (AvgIpc) is 2.27. The Hall–Kier alpha value is -2.04. The van der Waals surface area contributed by atoms with Crippen molar-refractivity contribution in [3.8, 4) is 0 Å². The number of carbonyl (C=O) groups is 1. The first-order valence-electron chi connectivity index (χ1n) is 4.66. The molecule has 5 heteroatoms. The summed E-state index contributed by atoms with van der Waals surface area (Å²) in [6, 6.07) is 3.58. The van der Waals surface area contributed by atoms with E-state index in [4.69, 9.17) is 0 Å². The number of benzene rings is 1. The number of hydrogen-bond acceptors (Lipinski definition) is 1. The van der Waals surface area contributed by atoms with Crippen LogP contribution in [0.5, 0.6) is 0 Å². The molecule has 1 rings (SSSR count). The van der Waals surface area contributed by atoms with Crippen LogP contribution in [0, 0.1) is 0 Å². The minimum atomic E-state index is -4.54. The van der Waals surface area contributed by atoms with Gasteiger partial charge in [0.25, 0.3) is 0 Å². The second kappa shape index (κ2) is 4.86. The molecule has 0 heterocycles. The average molecular weight is 241 g/mol. The maximum atomic E-state index is 12.7. The zero-order valence-corrected chi connectivity index (χ0v) is 8.84. The zero-order valence-electron chi connectivity index (χ0n) is 8.84. The molecule has 0 atom stereocenters. The van der Waals surface area contributed by atoms with Crippen molar-refractivity contribution in [2.24, 2.45) is 0 Å². The molecule has 1 aromatic rings. The molecule has 0 unspecified atom stereocenters. The van der Waals surface area contributed by atoms with Crippen LogP contribution in [-0.2, 0) is 11.0 Å². The predicted octanol–water partition coefficient (Wildman–Crippen LogP) is 3.47. The van der Waals surface area contributed by atoms with Crippen molar-refractivity contribution < 1.29 is 18.0 Å². The lowest BCUT2D eigenvalue weighted by Gasteiger charge is -2.15. The minimum absolute atomic E-state index is 0.204. The lowest BCUT2D eigenvalue weighted by Crippen LogP contribution is -2.15. The molecule has 90 valence electrons. The van der Waals surface area contributed by atoms with E-state index in [2.05, 4.69) is 18.5 Å². The zero-order chi connectivity index (χ0) is 13.1. The van der Waals surface area contributed by atoms with Crippen molar-refractivity contribution >= 4 is 17.7 Å². The van der Waals surface area contributed by atoms with E-state index in [0.717, 1.165) is 12.1 Å². The second-order valence-corrected chi connectivity index (χ2v) is 3.17. The van der Waals surface area contributed by atoms with E-state index in [0.29, 0.717) is 0 Å². The Morgan fingerprint density at radius 3 is 2.41 bits per heavy atom. The third-order valence-corrected chi connectivity index (χ3v) is 2.06. The molecule has 0 saturated heterocycles. The summed E-state index contributed by atoms with van der Waals surface area (Å²) in [6.45, 7) is 6.59. The van der Waals surface area contributed by atoms with Gasteiger partial charge in [0.1, 0.15) is 0 Å². The molecule has 0 aliphatic heterocycles. The maximum absolute atomic E-state index is 12.7. The molecule has 0 spiro atoms. The summed E-state index contributed by atoms with van der Waals surface area (Å²) in [5.41, 5.74) is -1.01. The number of hydrogen-bond donors (Lipinski definition) is 1. The molecule has 1 aromatic carbocycles. The van der Waals surface area contributed by atoms with Crippen LogP contribution >= 0.6 is 0 Å². The highest BCUT2D eigenvalue weighted by Gasteiger charge is 2.34. The highest BCUT2D eigenvalue weighted by molar-refractivity contribution is 6.00. The summed E-state index contributed by atoms with van der Waals surface area (Å²) in [7, 11) is 0. The third-order valence-electron chi connectivity index (χ3n) is 2.06. The van der Waals surface area contributed by atoms with Crippen LogP contribution in [0.25, 0.3) is 6.08 Å². The standard InChI is InChI=1S/C12H10F3NO/c1-3-8-6-5-7-9(12(13,14)15)11(8)16-10(17)4-2/h3-7H,1-2H2,(H,16,17). The van der Waals surface area contributed by atoms with Crippen LogP contribution in [0.4, 0.5) is 18.9 Å². The fourth-order valence-electron chi connectivity index (χ4n) is 1.29. The molecule has 0 aromatic heterocycles. The van der Waals surface area contributed by atoms with E-state index < -0.39 is 17.6 Å². The summed E-state index contributed by atoms with van der Waals surface area (Å²) in [5.74, 6) is -0.704. The smallest absolute Gasteiger partial charge is 0.321 e. The topological polar surface area (TPSA) is 29.1 Å². The van der Waals surface area contributed by atoms with Gasteiger partial charge in [0.05, 0.1) is 11.3 Å². The molecule has 1 amide bonds. The second-order valence-electron chi connectivity index (χ2n) is 3.17. The molecule has 0 bridgehead atoms. The van der Waals surface area contributed by atoms with Crippen molar-refractivity contribution in [1.82, 2.24) is 0 Å². The molecule has 17 heavy (non-hydrogen) atoms. The first-order valence-corrected chi connectivity index (χ1v) is 4.66. The van der Waals surface area contributed by atoms with Gasteiger partial charge in [0, 0.05) is 0 Å². The number of carbonyl (C=O) groups excluding carboxylic acids is 1. The van der Waals surface area contributed by atoms with Crippen LogP contribution in [0.2, 0.25) is 0 Å². The molecule has 0 aliphatic rings. The minimum Gasteiger partial charge on any atom is -0.321 e. The first-order chi connectivity index (χ1) is 7.90. The fourth-order valence-corrected chi connectivity index (χ4v) is 1.29. The highest BCUT2D eigenvalue weighted by atomic mass is 19.4. The SMILES string of the molecule is C=CC(=O)Nc1c(C=C)cccc1C(F)(F)F. The van der Waals surface area contributed by atoms with Gasteiger partial charge in [-0.3, -0.25) is 4.79 Å². The quantitative estimate of drug-likeness (QED) is 0.806. The Morgan fingerprint density at radius 1 is 1.29 bits per heavy atom. The normalized spacial score (nSPS) is 10.8. The molecular formula is C12H10F3NO. The number of amides is 1. The van der Waals surface area contributed by atoms with Crippen LogP contribution in [-0.4, -0.2) is 5.91 Å². The van der Waals surface area contributed by atoms with Gasteiger partial charge < -0.3 is 5.32 Å². The third kappa shape index (κ3) is 2.96. The molecule has 0 saturated carbocycles. The monoisotopic (exact) mass is 241 g/mol. The Labute approximate surface area is 96.4 Å². The van der Waals surface area contributed by atoms with E-state index in [1.165, 1.54) is 18.2 Å². The number of para-hydroxylation sites is 1. The van der Waals surface area contributed by atoms with Gasteiger partial charge in [-0.1, -0.05) is 31.4 Å². The van der Waals surface area contributed by atoms with E-state index in [1.54, 1.807) is 0 Å². The summed E-state index contributed by atoms with van der Waals surface area (Å²) in [6.07, 6.45) is -2.39. The number of nitrogens with one attached hydrogen (secondary N) is 1. The Morgan fingerprint density at radius 2 is 1.94 bits per heavy atom. The van der Waals surface area contributed by atoms with Crippen molar-refractivity contribution in [3.05, 3.63) is 48.6 Å². The predicted molar refractivity (Wildman–Crippen MR) is 60.4 cm³/mol. The lowest BCUT2D eigenvalue weighted by molar-refractivity contribution is -0.137. The van der Waals surface area contributed by atoms with Gasteiger partial charge in [-0.15, -0.1) is 0 Å². The summed E-state index contributed by atoms with van der Waals surface area (Å²) in [4.78, 5) is 11.1. The molecule has 0 aliphatic carbocycles. The van der Waals surface area contributed by atoms with Gasteiger partial charge in [-0.05, 0) is 17.7 Å². The van der Waals surface area contributed by atoms with Gasteiger partial charge in [0.15, 0.2) is 0 Å². The number of anilines is 1. The number of halogens is 3. The van der Waals surface area contributed by atoms with Crippen LogP contribution < -0.4 is 5.32 Å². The molecule has 0 fully saturated rings. The Kier molecular flexibility index (Phi) is 3.73. The van der Waals surface area contributed by atoms with Gasteiger partial charge in [-0.25, -0.2) is 0 Å². The maximum Gasteiger partial charge on any atom is 0.418 e. The van der Waals surface area contributed by atoms with Crippen LogP contribution in [0.1, 0.15) is 11.1 Å². The van der Waals surface area contributed by atoms with E-state index in [-0.39, 0.29) is 11.3 Å². The Bertz CT molecular complexity index is 463. The van der Waals surface area contributed by atoms with E-state index in [1.807, 2.05) is 0 Å². The summed E-state index contributed by atoms with van der Waals surface area (Å²) >= 11 is 0.